The fraction of sp³-hybridized carbons (Fsp3) is 0.467. The second-order valence-electron chi connectivity index (χ2n) is 6.17. The van der Waals surface area contributed by atoms with Crippen LogP contribution in [-0.4, -0.2) is 41.6 Å². The number of ether oxygens (including phenoxy) is 1. The van der Waals surface area contributed by atoms with Gasteiger partial charge in [0.15, 0.2) is 0 Å². The van der Waals surface area contributed by atoms with Crippen molar-refractivity contribution in [2.75, 3.05) is 18.4 Å². The Hall–Kier alpha value is -2.24. The highest BCUT2D eigenvalue weighted by atomic mass is 16.6. The monoisotopic (exact) mass is 291 g/mol. The number of carbonyl (C=O) groups excluding carboxylic acids is 2. The van der Waals surface area contributed by atoms with E-state index in [9.17, 15) is 9.59 Å². The highest BCUT2D eigenvalue weighted by Gasteiger charge is 2.33. The van der Waals surface area contributed by atoms with Crippen molar-refractivity contribution < 1.29 is 14.3 Å². The zero-order valence-electron chi connectivity index (χ0n) is 12.6. The molecule has 0 aliphatic carbocycles. The number of nitrogens with zero attached hydrogens (tertiary/aromatic N) is 1. The zero-order valence-corrected chi connectivity index (χ0v) is 12.6. The summed E-state index contributed by atoms with van der Waals surface area (Å²) in [7, 11) is 0. The maximum absolute atomic E-state index is 11.8. The number of nitrogens with one attached hydrogen (secondary N) is 1. The number of carbonyl (C=O) groups is 2. The van der Waals surface area contributed by atoms with Gasteiger partial charge in [-0.25, -0.2) is 4.79 Å². The number of amides is 2. The molecule has 0 saturated carbocycles. The minimum Gasteiger partial charge on any atom is -0.444 e. The van der Waals surface area contributed by atoms with Gasteiger partial charge in [0.25, 0.3) is 0 Å². The number of nitrogens with two attached hydrogens (primary N) is 1. The van der Waals surface area contributed by atoms with Crippen molar-refractivity contribution in [2.45, 2.75) is 32.4 Å². The molecule has 2 rings (SSSR count). The number of primary amides is 1. The summed E-state index contributed by atoms with van der Waals surface area (Å²) in [5.41, 5.74) is 6.04. The molecule has 1 fully saturated rings. The molecule has 0 unspecified atom stereocenters. The summed E-state index contributed by atoms with van der Waals surface area (Å²) in [5, 5.41) is 3.26. The van der Waals surface area contributed by atoms with E-state index < -0.39 is 11.5 Å². The Kier molecular flexibility index (Phi) is 4.06. The third kappa shape index (κ3) is 4.11. The molecule has 1 aromatic rings. The standard InChI is InChI=1S/C15H21N3O3/c1-15(2,3)21-14(20)18-8-12(9-18)17-11-6-4-5-10(7-11)13(16)19/h4-7,12,17H,8-9H2,1-3H3,(H2,16,19). The number of hydrogen-bond acceptors (Lipinski definition) is 4. The molecule has 0 atom stereocenters. The van der Waals surface area contributed by atoms with Crippen molar-refractivity contribution in [1.82, 2.24) is 4.90 Å². The molecule has 2 amide bonds. The molecule has 6 nitrogen and oxygen atoms in total. The lowest BCUT2D eigenvalue weighted by molar-refractivity contribution is 0.0105. The smallest absolute Gasteiger partial charge is 0.410 e. The van der Waals surface area contributed by atoms with Crippen molar-refractivity contribution in [3.05, 3.63) is 29.8 Å². The largest absolute Gasteiger partial charge is 0.444 e. The first kappa shape index (κ1) is 15.2. The van der Waals surface area contributed by atoms with Crippen LogP contribution in [0, 0.1) is 0 Å². The van der Waals surface area contributed by atoms with Crippen LogP contribution in [0.25, 0.3) is 0 Å². The number of benzene rings is 1. The summed E-state index contributed by atoms with van der Waals surface area (Å²) in [6, 6.07) is 7.16. The van der Waals surface area contributed by atoms with Crippen molar-refractivity contribution in [2.24, 2.45) is 5.73 Å². The topological polar surface area (TPSA) is 84.7 Å². The van der Waals surface area contributed by atoms with Crippen LogP contribution in [0.5, 0.6) is 0 Å². The van der Waals surface area contributed by atoms with Gasteiger partial charge in [-0.05, 0) is 39.0 Å². The Balaban J connectivity index is 1.84. The van der Waals surface area contributed by atoms with E-state index >= 15 is 0 Å². The normalized spacial score (nSPS) is 15.3. The first-order chi connectivity index (χ1) is 9.74. The van der Waals surface area contributed by atoms with E-state index in [4.69, 9.17) is 10.5 Å². The molecule has 1 heterocycles. The summed E-state index contributed by atoms with van der Waals surface area (Å²) in [4.78, 5) is 24.6. The summed E-state index contributed by atoms with van der Waals surface area (Å²) in [6.45, 7) is 6.69. The van der Waals surface area contributed by atoms with E-state index in [1.54, 1.807) is 23.1 Å². The van der Waals surface area contributed by atoms with Gasteiger partial charge < -0.3 is 20.7 Å². The summed E-state index contributed by atoms with van der Waals surface area (Å²) in [6.07, 6.45) is -0.300. The minimum absolute atomic E-state index is 0.153. The lowest BCUT2D eigenvalue weighted by Crippen LogP contribution is -2.57. The van der Waals surface area contributed by atoms with Crippen LogP contribution in [0.1, 0.15) is 31.1 Å². The van der Waals surface area contributed by atoms with Crippen LogP contribution in [-0.2, 0) is 4.74 Å². The molecule has 1 aliphatic heterocycles. The third-order valence-corrected chi connectivity index (χ3v) is 3.05. The van der Waals surface area contributed by atoms with Gasteiger partial charge in [0.2, 0.25) is 5.91 Å². The second kappa shape index (κ2) is 5.63. The van der Waals surface area contributed by atoms with Gasteiger partial charge >= 0.3 is 6.09 Å². The van der Waals surface area contributed by atoms with Crippen LogP contribution < -0.4 is 11.1 Å². The summed E-state index contributed by atoms with van der Waals surface area (Å²) >= 11 is 0. The molecule has 21 heavy (non-hydrogen) atoms. The van der Waals surface area contributed by atoms with Crippen LogP contribution in [0.15, 0.2) is 24.3 Å². The molecule has 3 N–H and O–H groups in total. The predicted octanol–water partition coefficient (Wildman–Crippen LogP) is 1.82. The summed E-state index contributed by atoms with van der Waals surface area (Å²) in [5.74, 6) is -0.456. The predicted molar refractivity (Wildman–Crippen MR) is 80.2 cm³/mol. The van der Waals surface area contributed by atoms with E-state index in [0.29, 0.717) is 18.7 Å². The van der Waals surface area contributed by atoms with Gasteiger partial charge in [-0.1, -0.05) is 6.07 Å². The molecule has 1 aliphatic rings. The van der Waals surface area contributed by atoms with Gasteiger partial charge in [0, 0.05) is 24.3 Å². The maximum Gasteiger partial charge on any atom is 0.410 e. The second-order valence-corrected chi connectivity index (χ2v) is 6.17. The van der Waals surface area contributed by atoms with Crippen molar-refractivity contribution in [3.63, 3.8) is 0 Å². The number of anilines is 1. The number of hydrogen-bond donors (Lipinski definition) is 2. The molecule has 1 aromatic carbocycles. The van der Waals surface area contributed by atoms with E-state index in [0.717, 1.165) is 5.69 Å². The maximum atomic E-state index is 11.8. The molecule has 6 heteroatoms. The van der Waals surface area contributed by atoms with Gasteiger partial charge in [-0.2, -0.15) is 0 Å². The third-order valence-electron chi connectivity index (χ3n) is 3.05. The van der Waals surface area contributed by atoms with E-state index in [-0.39, 0.29) is 12.1 Å². The molecule has 0 aromatic heterocycles. The highest BCUT2D eigenvalue weighted by molar-refractivity contribution is 5.93. The summed E-state index contributed by atoms with van der Waals surface area (Å²) < 4.78 is 5.29. The quantitative estimate of drug-likeness (QED) is 0.889. The van der Waals surface area contributed by atoms with Crippen molar-refractivity contribution in [1.29, 1.82) is 0 Å². The molecule has 0 spiro atoms. The Morgan fingerprint density at radius 3 is 2.57 bits per heavy atom. The SMILES string of the molecule is CC(C)(C)OC(=O)N1CC(Nc2cccc(C(N)=O)c2)C1. The van der Waals surface area contributed by atoms with Gasteiger partial charge in [-0.3, -0.25) is 4.79 Å². The Morgan fingerprint density at radius 1 is 1.33 bits per heavy atom. The molecular formula is C15H21N3O3. The number of likely N-dealkylation sites (tertiary alicyclic amines) is 1. The lowest BCUT2D eigenvalue weighted by Gasteiger charge is -2.40. The van der Waals surface area contributed by atoms with E-state index in [1.165, 1.54) is 0 Å². The fourth-order valence-electron chi connectivity index (χ4n) is 2.04. The van der Waals surface area contributed by atoms with Crippen LogP contribution >= 0.6 is 0 Å². The molecule has 0 bridgehead atoms. The van der Waals surface area contributed by atoms with Crippen LogP contribution in [0.3, 0.4) is 0 Å². The van der Waals surface area contributed by atoms with E-state index in [2.05, 4.69) is 5.32 Å². The van der Waals surface area contributed by atoms with Crippen molar-refractivity contribution in [3.8, 4) is 0 Å². The average molecular weight is 291 g/mol. The van der Waals surface area contributed by atoms with E-state index in [1.807, 2.05) is 26.8 Å². The molecule has 114 valence electrons. The van der Waals surface area contributed by atoms with Crippen LogP contribution in [0.2, 0.25) is 0 Å². The van der Waals surface area contributed by atoms with Gasteiger partial charge in [-0.15, -0.1) is 0 Å². The molecular weight excluding hydrogens is 270 g/mol. The molecule has 1 saturated heterocycles. The lowest BCUT2D eigenvalue weighted by atomic mass is 10.1. The Bertz CT molecular complexity index is 545. The highest BCUT2D eigenvalue weighted by Crippen LogP contribution is 2.19. The Labute approximate surface area is 124 Å². The van der Waals surface area contributed by atoms with Crippen molar-refractivity contribution >= 4 is 17.7 Å². The first-order valence-corrected chi connectivity index (χ1v) is 6.89. The van der Waals surface area contributed by atoms with Gasteiger partial charge in [0.1, 0.15) is 5.60 Å². The first-order valence-electron chi connectivity index (χ1n) is 6.89. The average Bonchev–Trinajstić information content (AvgIpc) is 2.31. The van der Waals surface area contributed by atoms with Crippen LogP contribution in [0.4, 0.5) is 10.5 Å². The Morgan fingerprint density at radius 2 is 2.00 bits per heavy atom. The number of rotatable bonds is 3. The van der Waals surface area contributed by atoms with Gasteiger partial charge in [0.05, 0.1) is 6.04 Å². The fourth-order valence-corrected chi connectivity index (χ4v) is 2.04. The minimum atomic E-state index is -0.481. The molecule has 0 radical (unpaired) electrons. The zero-order chi connectivity index (χ0) is 15.6.